The first kappa shape index (κ1) is 24.9. The normalized spacial score (nSPS) is 6.71. The Hall–Kier alpha value is -1.21. The average Bonchev–Trinajstić information content (AvgIpc) is 2.32. The maximum atomic E-state index is 9.37. The molecule has 0 spiro atoms. The molecule has 0 radical (unpaired) electrons. The van der Waals surface area contributed by atoms with Crippen LogP contribution in [0.3, 0.4) is 0 Å². The molecule has 0 aromatic heterocycles. The van der Waals surface area contributed by atoms with Gasteiger partial charge < -0.3 is 15.3 Å². The van der Waals surface area contributed by atoms with Crippen molar-refractivity contribution in [3.8, 4) is 0 Å². The molecule has 7 nitrogen and oxygen atoms in total. The average molecular weight is 289 g/mol. The third kappa shape index (κ3) is 105. The van der Waals surface area contributed by atoms with Crippen molar-refractivity contribution in [3.63, 3.8) is 0 Å². The maximum absolute atomic E-state index is 9.37. The first-order valence-electron chi connectivity index (χ1n) is 4.65. The molecule has 0 heterocycles. The van der Waals surface area contributed by atoms with Crippen LogP contribution in [0.25, 0.3) is 0 Å². The fraction of sp³-hybridized carbons (Fsp3) is 0.667. The Morgan fingerprint density at radius 2 is 0.765 bits per heavy atom. The SMILES string of the molecule is CCC(=O)O.CCC(=O)O.CCC(=O)O.[O]=[V]. The van der Waals surface area contributed by atoms with E-state index in [1.807, 2.05) is 0 Å². The predicted octanol–water partition coefficient (Wildman–Crippen LogP) is 1.32. The van der Waals surface area contributed by atoms with Gasteiger partial charge in [0.05, 0.1) is 0 Å². The van der Waals surface area contributed by atoms with Crippen molar-refractivity contribution in [2.75, 3.05) is 0 Å². The summed E-state index contributed by atoms with van der Waals surface area (Å²) in [4.78, 5) is 28.1. The van der Waals surface area contributed by atoms with Gasteiger partial charge in [-0.05, 0) is 0 Å². The number of hydrogen-bond donors (Lipinski definition) is 3. The van der Waals surface area contributed by atoms with Gasteiger partial charge in [-0.15, -0.1) is 0 Å². The van der Waals surface area contributed by atoms with Crippen LogP contribution in [0.1, 0.15) is 40.0 Å². The molecule has 0 saturated heterocycles. The molecule has 0 saturated carbocycles. The number of rotatable bonds is 3. The van der Waals surface area contributed by atoms with Crippen molar-refractivity contribution in [2.45, 2.75) is 40.0 Å². The van der Waals surface area contributed by atoms with Crippen molar-refractivity contribution >= 4 is 17.9 Å². The monoisotopic (exact) mass is 289 g/mol. The van der Waals surface area contributed by atoms with Gasteiger partial charge in [0.2, 0.25) is 0 Å². The number of carboxylic acid groups (broad SMARTS) is 3. The second-order valence-corrected chi connectivity index (χ2v) is 2.24. The van der Waals surface area contributed by atoms with E-state index >= 15 is 0 Å². The van der Waals surface area contributed by atoms with E-state index in [-0.39, 0.29) is 19.3 Å². The van der Waals surface area contributed by atoms with Gasteiger partial charge in [0.1, 0.15) is 0 Å². The topological polar surface area (TPSA) is 129 Å². The van der Waals surface area contributed by atoms with Crippen LogP contribution in [0.4, 0.5) is 0 Å². The molecular weight excluding hydrogens is 271 g/mol. The standard InChI is InChI=1S/3C3H6O2.O.V/c3*1-2-3(4)5;;/h3*2H2,1H3,(H,4,5);;. The van der Waals surface area contributed by atoms with Gasteiger partial charge in [-0.25, -0.2) is 0 Å². The van der Waals surface area contributed by atoms with Crippen molar-refractivity contribution in [2.24, 2.45) is 0 Å². The molecule has 3 N–H and O–H groups in total. The van der Waals surface area contributed by atoms with Crippen molar-refractivity contribution in [1.82, 2.24) is 0 Å². The molecule has 101 valence electrons. The Morgan fingerprint density at radius 1 is 0.706 bits per heavy atom. The first-order chi connectivity index (χ1) is 7.81. The molecule has 0 aliphatic rings. The first-order valence-corrected chi connectivity index (χ1v) is 5.22. The number of carboxylic acids is 3. The van der Waals surface area contributed by atoms with Crippen LogP contribution in [0.5, 0.6) is 0 Å². The number of hydrogen-bond acceptors (Lipinski definition) is 4. The Kier molecular flexibility index (Phi) is 35.3. The Labute approximate surface area is 109 Å². The zero-order chi connectivity index (χ0) is 14.9. The summed E-state index contributed by atoms with van der Waals surface area (Å²) in [5.41, 5.74) is 0. The van der Waals surface area contributed by atoms with Crippen LogP contribution in [-0.4, -0.2) is 33.2 Å². The third-order valence-electron chi connectivity index (χ3n) is 0.907. The summed E-state index contributed by atoms with van der Waals surface area (Å²) in [6, 6.07) is 0. The minimum absolute atomic E-state index is 0.222. The zero-order valence-electron chi connectivity index (χ0n) is 10.0. The molecule has 0 amide bonds. The van der Waals surface area contributed by atoms with E-state index in [1.165, 1.54) is 0 Å². The van der Waals surface area contributed by atoms with Crippen molar-refractivity contribution in [1.29, 1.82) is 0 Å². The molecule has 0 aliphatic heterocycles. The summed E-state index contributed by atoms with van der Waals surface area (Å²) in [5.74, 6) is -2.24. The molecule has 0 fully saturated rings. The van der Waals surface area contributed by atoms with Crippen LogP contribution in [-0.2, 0) is 35.4 Å². The van der Waals surface area contributed by atoms with E-state index in [2.05, 4.69) is 0 Å². The summed E-state index contributed by atoms with van der Waals surface area (Å²) < 4.78 is 8.19. The molecule has 0 bridgehead atoms. The summed E-state index contributed by atoms with van der Waals surface area (Å²) in [7, 11) is 0. The quantitative estimate of drug-likeness (QED) is 0.714. The number of carbonyl (C=O) groups is 3. The Bertz CT molecular complexity index is 172. The van der Waals surface area contributed by atoms with Gasteiger partial charge in [-0.3, -0.25) is 14.4 Å². The van der Waals surface area contributed by atoms with E-state index in [4.69, 9.17) is 19.0 Å². The zero-order valence-corrected chi connectivity index (χ0v) is 11.4. The van der Waals surface area contributed by atoms with E-state index in [1.54, 1.807) is 20.8 Å². The molecule has 0 unspecified atom stereocenters. The minimum atomic E-state index is -0.745. The van der Waals surface area contributed by atoms with Gasteiger partial charge in [0, 0.05) is 19.3 Å². The molecule has 0 aromatic carbocycles. The van der Waals surface area contributed by atoms with Crippen LogP contribution in [0.15, 0.2) is 0 Å². The van der Waals surface area contributed by atoms with Crippen LogP contribution < -0.4 is 0 Å². The van der Waals surface area contributed by atoms with E-state index in [0.29, 0.717) is 0 Å². The number of aliphatic carboxylic acids is 3. The van der Waals surface area contributed by atoms with E-state index in [9.17, 15) is 14.4 Å². The molecule has 0 atom stereocenters. The molecule has 17 heavy (non-hydrogen) atoms. The van der Waals surface area contributed by atoms with Crippen LogP contribution >= 0.6 is 0 Å². The molecule has 0 aliphatic carbocycles. The van der Waals surface area contributed by atoms with E-state index in [0.717, 1.165) is 17.4 Å². The summed E-state index contributed by atoms with van der Waals surface area (Å²) in [6.45, 7) is 4.80. The second-order valence-electron chi connectivity index (χ2n) is 2.24. The molecule has 0 rings (SSSR count). The summed E-state index contributed by atoms with van der Waals surface area (Å²) in [6.07, 6.45) is 0.667. The Balaban J connectivity index is -0.0000000693. The predicted molar refractivity (Wildman–Crippen MR) is 54.5 cm³/mol. The fourth-order valence-corrected chi connectivity index (χ4v) is 0. The van der Waals surface area contributed by atoms with Gasteiger partial charge in [-0.1, -0.05) is 20.8 Å². The molecular formula is C9H18O7V. The van der Waals surface area contributed by atoms with E-state index < -0.39 is 17.9 Å². The van der Waals surface area contributed by atoms with Gasteiger partial charge in [0.25, 0.3) is 0 Å². The Morgan fingerprint density at radius 3 is 0.765 bits per heavy atom. The molecule has 8 heteroatoms. The van der Waals surface area contributed by atoms with Gasteiger partial charge >= 0.3 is 39.0 Å². The summed E-state index contributed by atoms with van der Waals surface area (Å²) >= 11 is 1.06. The van der Waals surface area contributed by atoms with Gasteiger partial charge in [-0.2, -0.15) is 0 Å². The van der Waals surface area contributed by atoms with Crippen molar-refractivity contribution in [3.05, 3.63) is 0 Å². The molecule has 0 aromatic rings. The van der Waals surface area contributed by atoms with Crippen LogP contribution in [0.2, 0.25) is 0 Å². The van der Waals surface area contributed by atoms with Crippen molar-refractivity contribution < 1.29 is 50.7 Å². The summed E-state index contributed by atoms with van der Waals surface area (Å²) in [5, 5.41) is 23.2. The second kappa shape index (κ2) is 24.2. The fourth-order valence-electron chi connectivity index (χ4n) is 0. The van der Waals surface area contributed by atoms with Crippen LogP contribution in [0, 0.1) is 0 Å². The van der Waals surface area contributed by atoms with Gasteiger partial charge in [0.15, 0.2) is 0 Å². The third-order valence-corrected chi connectivity index (χ3v) is 0.907.